The topological polar surface area (TPSA) is 59.8 Å². The number of benzene rings is 1. The second-order valence-electron chi connectivity index (χ2n) is 6.36. The molecule has 0 aliphatic rings. The quantitative estimate of drug-likeness (QED) is 0.533. The smallest absolute Gasteiger partial charge is 0.224 e. The molecule has 1 amide bonds. The van der Waals surface area contributed by atoms with Crippen molar-refractivity contribution in [1.29, 1.82) is 0 Å². The number of hydrogen-bond acceptors (Lipinski definition) is 4. The Morgan fingerprint density at radius 3 is 2.64 bits per heavy atom. The van der Waals surface area contributed by atoms with Crippen LogP contribution in [0.15, 0.2) is 29.4 Å². The van der Waals surface area contributed by atoms with Crippen LogP contribution < -0.4 is 5.32 Å². The Labute approximate surface area is 158 Å². The minimum Gasteiger partial charge on any atom is -0.356 e. The average molecular weight is 381 g/mol. The van der Waals surface area contributed by atoms with Gasteiger partial charge in [0.1, 0.15) is 5.82 Å². The number of carbonyl (C=O) groups is 1. The van der Waals surface area contributed by atoms with Crippen LogP contribution in [-0.4, -0.2) is 33.5 Å². The summed E-state index contributed by atoms with van der Waals surface area (Å²) in [6.07, 6.45) is 4.04. The number of thioether (sulfide) groups is 1. The van der Waals surface area contributed by atoms with Crippen molar-refractivity contribution in [2.75, 3.05) is 12.8 Å². The molecule has 1 aromatic heterocycles. The highest BCUT2D eigenvalue weighted by Gasteiger charge is 2.12. The largest absolute Gasteiger partial charge is 0.356 e. The number of aromatic nitrogens is 3. The van der Waals surface area contributed by atoms with Crippen LogP contribution in [-0.2, 0) is 24.2 Å². The summed E-state index contributed by atoms with van der Waals surface area (Å²) in [6, 6.07) is 7.35. The van der Waals surface area contributed by atoms with Crippen molar-refractivity contribution in [3.8, 4) is 0 Å². The van der Waals surface area contributed by atoms with Crippen molar-refractivity contribution >= 4 is 29.3 Å². The first kappa shape index (κ1) is 19.8. The van der Waals surface area contributed by atoms with Crippen LogP contribution in [0.25, 0.3) is 0 Å². The monoisotopic (exact) mass is 380 g/mol. The third-order valence-electron chi connectivity index (χ3n) is 3.70. The van der Waals surface area contributed by atoms with Gasteiger partial charge in [-0.3, -0.25) is 4.79 Å². The Morgan fingerprint density at radius 1 is 1.28 bits per heavy atom. The molecule has 1 heterocycles. The predicted octanol–water partition coefficient (Wildman–Crippen LogP) is 3.60. The number of aryl methyl sites for hydroxylation is 1. The first-order chi connectivity index (χ1) is 12.0. The van der Waals surface area contributed by atoms with E-state index >= 15 is 0 Å². The second-order valence-corrected chi connectivity index (χ2v) is 7.57. The number of amides is 1. The van der Waals surface area contributed by atoms with E-state index in [4.69, 9.17) is 11.6 Å². The Balaban J connectivity index is 1.78. The first-order valence-electron chi connectivity index (χ1n) is 8.46. The molecule has 25 heavy (non-hydrogen) atoms. The molecular weight excluding hydrogens is 356 g/mol. The lowest BCUT2D eigenvalue weighted by Gasteiger charge is -2.11. The van der Waals surface area contributed by atoms with E-state index in [-0.39, 0.29) is 5.91 Å². The SMILES string of the molecule is CSc1nnc(CCCNC(=O)Cc2ccc(Cl)cc2)n1CC(C)C. The molecule has 0 fully saturated rings. The molecule has 0 saturated carbocycles. The van der Waals surface area contributed by atoms with Gasteiger partial charge in [0.2, 0.25) is 5.91 Å². The molecule has 0 unspecified atom stereocenters. The maximum atomic E-state index is 12.0. The normalized spacial score (nSPS) is 11.1. The van der Waals surface area contributed by atoms with Gasteiger partial charge in [-0.2, -0.15) is 0 Å². The average Bonchev–Trinajstić information content (AvgIpc) is 2.95. The van der Waals surface area contributed by atoms with E-state index in [1.807, 2.05) is 18.4 Å². The number of halogens is 1. The molecule has 0 bridgehead atoms. The van der Waals surface area contributed by atoms with Crippen LogP contribution in [0.5, 0.6) is 0 Å². The van der Waals surface area contributed by atoms with Gasteiger partial charge in [0.05, 0.1) is 6.42 Å². The minimum absolute atomic E-state index is 0.0239. The Hall–Kier alpha value is -1.53. The minimum atomic E-state index is 0.0239. The summed E-state index contributed by atoms with van der Waals surface area (Å²) in [5.41, 5.74) is 0.961. The van der Waals surface area contributed by atoms with Crippen LogP contribution >= 0.6 is 23.4 Å². The molecule has 2 rings (SSSR count). The molecule has 1 aromatic carbocycles. The van der Waals surface area contributed by atoms with Gasteiger partial charge in [0.25, 0.3) is 0 Å². The lowest BCUT2D eigenvalue weighted by molar-refractivity contribution is -0.120. The molecule has 1 N–H and O–H groups in total. The summed E-state index contributed by atoms with van der Waals surface area (Å²) in [7, 11) is 0. The molecule has 7 heteroatoms. The molecule has 2 aromatic rings. The van der Waals surface area contributed by atoms with Gasteiger partial charge in [-0.15, -0.1) is 10.2 Å². The van der Waals surface area contributed by atoms with E-state index < -0.39 is 0 Å². The van der Waals surface area contributed by atoms with Crippen molar-refractivity contribution < 1.29 is 4.79 Å². The van der Waals surface area contributed by atoms with Crippen LogP contribution in [0.2, 0.25) is 5.02 Å². The maximum absolute atomic E-state index is 12.0. The highest BCUT2D eigenvalue weighted by Crippen LogP contribution is 2.16. The summed E-state index contributed by atoms with van der Waals surface area (Å²) in [6.45, 7) is 5.92. The van der Waals surface area contributed by atoms with Gasteiger partial charge in [0.15, 0.2) is 5.16 Å². The Kier molecular flexibility index (Phi) is 7.78. The fraction of sp³-hybridized carbons (Fsp3) is 0.500. The summed E-state index contributed by atoms with van der Waals surface area (Å²) >= 11 is 7.46. The van der Waals surface area contributed by atoms with E-state index in [2.05, 4.69) is 33.9 Å². The number of nitrogens with one attached hydrogen (secondary N) is 1. The van der Waals surface area contributed by atoms with Crippen LogP contribution in [0.1, 0.15) is 31.7 Å². The molecule has 0 spiro atoms. The molecule has 136 valence electrons. The van der Waals surface area contributed by atoms with Gasteiger partial charge < -0.3 is 9.88 Å². The second kappa shape index (κ2) is 9.82. The molecule has 0 saturated heterocycles. The zero-order valence-electron chi connectivity index (χ0n) is 15.0. The summed E-state index contributed by atoms with van der Waals surface area (Å²) in [4.78, 5) is 12.0. The van der Waals surface area contributed by atoms with Gasteiger partial charge in [-0.1, -0.05) is 49.3 Å². The van der Waals surface area contributed by atoms with Gasteiger partial charge in [-0.25, -0.2) is 0 Å². The number of carbonyl (C=O) groups excluding carboxylic acids is 1. The Bertz CT molecular complexity index is 685. The molecule has 5 nitrogen and oxygen atoms in total. The molecule has 0 radical (unpaired) electrons. The molecule has 0 atom stereocenters. The lowest BCUT2D eigenvalue weighted by atomic mass is 10.1. The predicted molar refractivity (Wildman–Crippen MR) is 103 cm³/mol. The third kappa shape index (κ3) is 6.36. The summed E-state index contributed by atoms with van der Waals surface area (Å²) < 4.78 is 2.19. The summed E-state index contributed by atoms with van der Waals surface area (Å²) in [5, 5.41) is 13.1. The highest BCUT2D eigenvalue weighted by atomic mass is 35.5. The van der Waals surface area contributed by atoms with Crippen LogP contribution in [0, 0.1) is 5.92 Å². The van der Waals surface area contributed by atoms with Crippen LogP contribution in [0.4, 0.5) is 0 Å². The lowest BCUT2D eigenvalue weighted by Crippen LogP contribution is -2.26. The van der Waals surface area contributed by atoms with Crippen molar-refractivity contribution in [1.82, 2.24) is 20.1 Å². The molecule has 0 aliphatic heterocycles. The molecule has 0 aliphatic carbocycles. The highest BCUT2D eigenvalue weighted by molar-refractivity contribution is 7.98. The zero-order valence-corrected chi connectivity index (χ0v) is 16.5. The first-order valence-corrected chi connectivity index (χ1v) is 10.1. The van der Waals surface area contributed by atoms with Crippen molar-refractivity contribution in [3.05, 3.63) is 40.7 Å². The van der Waals surface area contributed by atoms with Gasteiger partial charge in [-0.05, 0) is 36.3 Å². The molecular formula is C18H25ClN4OS. The van der Waals surface area contributed by atoms with E-state index in [9.17, 15) is 4.79 Å². The van der Waals surface area contributed by atoms with E-state index in [1.165, 1.54) is 0 Å². The third-order valence-corrected chi connectivity index (χ3v) is 4.62. The standard InChI is InChI=1S/C18H25ClN4OS/c1-13(2)12-23-16(21-22-18(23)25-3)5-4-10-20-17(24)11-14-6-8-15(19)9-7-14/h6-9,13H,4-5,10-12H2,1-3H3,(H,20,24). The number of nitrogens with zero attached hydrogens (tertiary/aromatic N) is 3. The van der Waals surface area contributed by atoms with E-state index in [0.717, 1.165) is 35.9 Å². The summed E-state index contributed by atoms with van der Waals surface area (Å²) in [5.74, 6) is 1.56. The van der Waals surface area contributed by atoms with Gasteiger partial charge >= 0.3 is 0 Å². The zero-order chi connectivity index (χ0) is 18.2. The Morgan fingerprint density at radius 2 is 2.00 bits per heavy atom. The van der Waals surface area contributed by atoms with E-state index in [1.54, 1.807) is 23.9 Å². The number of hydrogen-bond donors (Lipinski definition) is 1. The van der Waals surface area contributed by atoms with Crippen molar-refractivity contribution in [2.45, 2.75) is 44.8 Å². The van der Waals surface area contributed by atoms with Crippen molar-refractivity contribution in [3.63, 3.8) is 0 Å². The number of rotatable bonds is 9. The maximum Gasteiger partial charge on any atom is 0.224 e. The van der Waals surface area contributed by atoms with Gasteiger partial charge in [0, 0.05) is 24.5 Å². The van der Waals surface area contributed by atoms with Crippen molar-refractivity contribution in [2.24, 2.45) is 5.92 Å². The fourth-order valence-corrected chi connectivity index (χ4v) is 3.18. The fourth-order valence-electron chi connectivity index (χ4n) is 2.53. The van der Waals surface area contributed by atoms with Crippen LogP contribution in [0.3, 0.4) is 0 Å². The van der Waals surface area contributed by atoms with E-state index in [0.29, 0.717) is 23.9 Å².